The second-order valence-electron chi connectivity index (χ2n) is 3.88. The van der Waals surface area contributed by atoms with E-state index >= 15 is 0 Å². The molecule has 0 saturated heterocycles. The minimum Gasteiger partial charge on any atom is -0.300 e. The van der Waals surface area contributed by atoms with Crippen LogP contribution in [0.4, 0.5) is 0 Å². The minimum absolute atomic E-state index is 0.105. The topological polar surface area (TPSA) is 53.8 Å². The Morgan fingerprint density at radius 2 is 2.20 bits per heavy atom. The van der Waals surface area contributed by atoms with Gasteiger partial charge in [0.1, 0.15) is 10.9 Å². The van der Waals surface area contributed by atoms with Crippen molar-refractivity contribution in [3.8, 4) is 6.07 Å². The lowest BCUT2D eigenvalue weighted by molar-refractivity contribution is -0.126. The molecular formula is C11H9ClN2O. The monoisotopic (exact) mass is 220 g/mol. The maximum absolute atomic E-state index is 11.0. The molecule has 76 valence electrons. The first-order chi connectivity index (χ1) is 7.07. The molecule has 4 heteroatoms. The Kier molecular flexibility index (Phi) is 2.24. The lowest BCUT2D eigenvalue weighted by Gasteiger charge is -2.34. The molecule has 1 aliphatic carbocycles. The molecule has 1 aliphatic rings. The minimum atomic E-state index is -0.727. The maximum Gasteiger partial charge on any atom is 0.136 e. The van der Waals surface area contributed by atoms with Crippen LogP contribution in [-0.2, 0) is 10.2 Å². The van der Waals surface area contributed by atoms with Crippen molar-refractivity contribution in [3.63, 3.8) is 0 Å². The summed E-state index contributed by atoms with van der Waals surface area (Å²) in [4.78, 5) is 15.1. The first kappa shape index (κ1) is 10.1. The molecule has 0 unspecified atom stereocenters. The van der Waals surface area contributed by atoms with Crippen molar-refractivity contribution >= 4 is 17.4 Å². The van der Waals surface area contributed by atoms with Crippen LogP contribution in [0.1, 0.15) is 24.1 Å². The third kappa shape index (κ3) is 1.51. The Balaban J connectivity index is 2.46. The van der Waals surface area contributed by atoms with Gasteiger partial charge in [-0.15, -0.1) is 0 Å². The van der Waals surface area contributed by atoms with Crippen LogP contribution in [0.25, 0.3) is 0 Å². The third-order valence-corrected chi connectivity index (χ3v) is 3.00. The van der Waals surface area contributed by atoms with Gasteiger partial charge in [-0.1, -0.05) is 17.7 Å². The molecule has 0 amide bonds. The first-order valence-corrected chi connectivity index (χ1v) is 5.02. The Bertz CT molecular complexity index is 468. The van der Waals surface area contributed by atoms with E-state index in [1.54, 1.807) is 6.07 Å². The van der Waals surface area contributed by atoms with Gasteiger partial charge >= 0.3 is 0 Å². The van der Waals surface area contributed by atoms with Gasteiger partial charge in [0.25, 0.3) is 0 Å². The van der Waals surface area contributed by atoms with Crippen molar-refractivity contribution in [2.75, 3.05) is 0 Å². The number of carbonyl (C=O) groups excluding carboxylic acids is 1. The molecule has 1 fully saturated rings. The number of hydrogen-bond donors (Lipinski definition) is 0. The van der Waals surface area contributed by atoms with Crippen LogP contribution in [0, 0.1) is 18.3 Å². The van der Waals surface area contributed by atoms with Crippen LogP contribution in [0.2, 0.25) is 5.15 Å². The molecule has 0 atom stereocenters. The van der Waals surface area contributed by atoms with Gasteiger partial charge in [-0.05, 0) is 13.0 Å². The number of aryl methyl sites for hydroxylation is 1. The third-order valence-electron chi connectivity index (χ3n) is 2.72. The highest BCUT2D eigenvalue weighted by molar-refractivity contribution is 6.30. The van der Waals surface area contributed by atoms with Crippen molar-refractivity contribution in [1.29, 1.82) is 5.26 Å². The summed E-state index contributed by atoms with van der Waals surface area (Å²) in [6, 6.07) is 5.78. The number of halogens is 1. The molecular weight excluding hydrogens is 212 g/mol. The number of carbonyl (C=O) groups is 1. The van der Waals surface area contributed by atoms with Crippen LogP contribution >= 0.6 is 11.6 Å². The van der Waals surface area contributed by atoms with Crippen LogP contribution < -0.4 is 0 Å². The Morgan fingerprint density at radius 3 is 2.67 bits per heavy atom. The summed E-state index contributed by atoms with van der Waals surface area (Å²) in [7, 11) is 0. The van der Waals surface area contributed by atoms with Gasteiger partial charge < -0.3 is 0 Å². The van der Waals surface area contributed by atoms with E-state index in [2.05, 4.69) is 11.1 Å². The van der Waals surface area contributed by atoms with Crippen molar-refractivity contribution < 1.29 is 4.79 Å². The zero-order chi connectivity index (χ0) is 11.1. The summed E-state index contributed by atoms with van der Waals surface area (Å²) in [5.74, 6) is 0.105. The zero-order valence-corrected chi connectivity index (χ0v) is 9.01. The van der Waals surface area contributed by atoms with Crippen LogP contribution in [-0.4, -0.2) is 10.8 Å². The van der Waals surface area contributed by atoms with Gasteiger partial charge in [0.2, 0.25) is 0 Å². The summed E-state index contributed by atoms with van der Waals surface area (Å²) in [5.41, 5.74) is 0.758. The van der Waals surface area contributed by atoms with Gasteiger partial charge in [0.05, 0.1) is 11.5 Å². The molecule has 15 heavy (non-hydrogen) atoms. The van der Waals surface area contributed by atoms with Crippen molar-refractivity contribution in [2.45, 2.75) is 25.2 Å². The smallest absolute Gasteiger partial charge is 0.136 e. The highest BCUT2D eigenvalue weighted by atomic mass is 35.5. The Hall–Kier alpha value is -1.40. The quantitative estimate of drug-likeness (QED) is 0.682. The summed E-state index contributed by atoms with van der Waals surface area (Å²) >= 11 is 5.98. The van der Waals surface area contributed by atoms with Gasteiger partial charge in [0.15, 0.2) is 0 Å². The average molecular weight is 221 g/mol. The van der Waals surface area contributed by atoms with Gasteiger partial charge in [-0.3, -0.25) is 4.79 Å². The lowest BCUT2D eigenvalue weighted by atomic mass is 9.65. The number of pyridine rings is 1. The van der Waals surface area contributed by atoms with E-state index in [1.165, 1.54) is 0 Å². The number of hydrogen-bond acceptors (Lipinski definition) is 3. The molecule has 1 aromatic rings. The second kappa shape index (κ2) is 3.32. The van der Waals surface area contributed by atoms with Crippen molar-refractivity contribution in [2.24, 2.45) is 0 Å². The number of nitriles is 1. The molecule has 0 N–H and O–H groups in total. The average Bonchev–Trinajstić information content (AvgIpc) is 2.13. The van der Waals surface area contributed by atoms with E-state index in [0.717, 1.165) is 5.69 Å². The van der Waals surface area contributed by atoms with Crippen LogP contribution in [0.15, 0.2) is 12.1 Å². The maximum atomic E-state index is 11.0. The Morgan fingerprint density at radius 1 is 1.53 bits per heavy atom. The van der Waals surface area contributed by atoms with Gasteiger partial charge in [-0.2, -0.15) is 5.26 Å². The Labute approximate surface area is 92.7 Å². The van der Waals surface area contributed by atoms with E-state index < -0.39 is 5.41 Å². The largest absolute Gasteiger partial charge is 0.300 e. The number of rotatable bonds is 1. The molecule has 1 saturated carbocycles. The highest BCUT2D eigenvalue weighted by Crippen LogP contribution is 2.42. The van der Waals surface area contributed by atoms with E-state index in [4.69, 9.17) is 16.9 Å². The summed E-state index contributed by atoms with van der Waals surface area (Å²) in [6.45, 7) is 1.83. The first-order valence-electron chi connectivity index (χ1n) is 4.64. The van der Waals surface area contributed by atoms with E-state index in [1.807, 2.05) is 13.0 Å². The molecule has 1 aromatic heterocycles. The summed E-state index contributed by atoms with van der Waals surface area (Å²) in [6.07, 6.45) is 0.516. The molecule has 0 bridgehead atoms. The fourth-order valence-electron chi connectivity index (χ4n) is 1.83. The molecule has 1 heterocycles. The van der Waals surface area contributed by atoms with Gasteiger partial charge in [0, 0.05) is 24.1 Å². The molecule has 3 nitrogen and oxygen atoms in total. The number of nitrogens with zero attached hydrogens (tertiary/aromatic N) is 2. The second-order valence-corrected chi connectivity index (χ2v) is 4.24. The normalized spacial score (nSPS) is 18.1. The zero-order valence-electron chi connectivity index (χ0n) is 8.25. The van der Waals surface area contributed by atoms with Crippen molar-refractivity contribution in [3.05, 3.63) is 28.5 Å². The highest BCUT2D eigenvalue weighted by Gasteiger charge is 2.46. The molecule has 0 aliphatic heterocycles. The predicted octanol–water partition coefficient (Wildman–Crippen LogP) is 2.17. The van der Waals surface area contributed by atoms with Crippen molar-refractivity contribution in [1.82, 2.24) is 4.98 Å². The standard InChI is InChI=1S/C11H9ClN2O/c1-7-2-3-9(10(12)14-7)11(6-13)4-8(15)5-11/h2-3H,4-5H2,1H3. The summed E-state index contributed by atoms with van der Waals surface area (Å²) < 4.78 is 0. The molecule has 0 spiro atoms. The van der Waals surface area contributed by atoms with Crippen LogP contribution in [0.5, 0.6) is 0 Å². The fraction of sp³-hybridized carbons (Fsp3) is 0.364. The SMILES string of the molecule is Cc1ccc(C2(C#N)CC(=O)C2)c(Cl)n1. The van der Waals surface area contributed by atoms with E-state index in [-0.39, 0.29) is 18.6 Å². The van der Waals surface area contributed by atoms with Crippen LogP contribution in [0.3, 0.4) is 0 Å². The lowest BCUT2D eigenvalue weighted by Crippen LogP contribution is -2.40. The molecule has 0 radical (unpaired) electrons. The number of aromatic nitrogens is 1. The molecule has 0 aromatic carbocycles. The van der Waals surface area contributed by atoms with E-state index in [0.29, 0.717) is 10.7 Å². The van der Waals surface area contributed by atoms with Gasteiger partial charge in [-0.25, -0.2) is 4.98 Å². The summed E-state index contributed by atoms with van der Waals surface area (Å²) in [5, 5.41) is 9.45. The number of Topliss-reactive ketones (excluding diaryl/α,β-unsaturated/α-hetero) is 1. The van der Waals surface area contributed by atoms with E-state index in [9.17, 15) is 4.79 Å². The fourth-order valence-corrected chi connectivity index (χ4v) is 2.21. The molecule has 2 rings (SSSR count). The predicted molar refractivity (Wildman–Crippen MR) is 55.5 cm³/mol. The number of ketones is 1.